The Morgan fingerprint density at radius 1 is 0.929 bits per heavy atom. The van der Waals surface area contributed by atoms with Crippen molar-refractivity contribution in [2.45, 2.75) is 71.4 Å². The molecule has 0 amide bonds. The lowest BCUT2D eigenvalue weighted by molar-refractivity contribution is 0.459. The Morgan fingerprint density at radius 3 is 2.21 bits per heavy atom. The molecule has 0 saturated heterocycles. The first-order valence-electron chi connectivity index (χ1n) is 6.30. The Kier molecular flexibility index (Phi) is 10.9. The summed E-state index contributed by atoms with van der Waals surface area (Å²) in [5.74, 6) is 0. The van der Waals surface area contributed by atoms with Crippen molar-refractivity contribution in [2.75, 3.05) is 6.54 Å². The summed E-state index contributed by atoms with van der Waals surface area (Å²) in [6.07, 6.45) is 10.5. The molecule has 0 spiro atoms. The highest BCUT2D eigenvalue weighted by Crippen LogP contribution is 2.05. The van der Waals surface area contributed by atoms with E-state index in [4.69, 9.17) is 5.73 Å². The number of unbranched alkanes of at least 4 members (excludes halogenated alkanes) is 5. The van der Waals surface area contributed by atoms with Crippen molar-refractivity contribution in [1.29, 1.82) is 0 Å². The molecule has 3 N–H and O–H groups in total. The van der Waals surface area contributed by atoms with Gasteiger partial charge in [0.1, 0.15) is 0 Å². The molecule has 1 unspecified atom stereocenters. The molecule has 2 nitrogen and oxygen atoms in total. The van der Waals surface area contributed by atoms with Gasteiger partial charge >= 0.3 is 0 Å². The van der Waals surface area contributed by atoms with Gasteiger partial charge in [-0.1, -0.05) is 52.4 Å². The Balaban J connectivity index is 3.06. The van der Waals surface area contributed by atoms with Crippen LogP contribution in [0.2, 0.25) is 0 Å². The van der Waals surface area contributed by atoms with Crippen molar-refractivity contribution in [3.8, 4) is 0 Å². The monoisotopic (exact) mass is 200 g/mol. The molecule has 2 heteroatoms. The Labute approximate surface area is 89.6 Å². The molecular weight excluding hydrogens is 172 g/mol. The summed E-state index contributed by atoms with van der Waals surface area (Å²) >= 11 is 0. The van der Waals surface area contributed by atoms with Crippen LogP contribution >= 0.6 is 0 Å². The van der Waals surface area contributed by atoms with Gasteiger partial charge in [-0.05, 0) is 19.4 Å². The molecule has 0 bridgehead atoms. The van der Waals surface area contributed by atoms with E-state index in [0.29, 0.717) is 0 Å². The number of nitrogens with two attached hydrogens (primary N) is 1. The van der Waals surface area contributed by atoms with Crippen molar-refractivity contribution < 1.29 is 0 Å². The van der Waals surface area contributed by atoms with Crippen LogP contribution in [-0.2, 0) is 0 Å². The first kappa shape index (κ1) is 13.9. The molecule has 0 aromatic rings. The second kappa shape index (κ2) is 11.0. The summed E-state index contributed by atoms with van der Waals surface area (Å²) in [6.45, 7) is 5.53. The van der Waals surface area contributed by atoms with E-state index in [9.17, 15) is 0 Å². The van der Waals surface area contributed by atoms with E-state index in [1.807, 2.05) is 0 Å². The van der Waals surface area contributed by atoms with Crippen molar-refractivity contribution in [3.05, 3.63) is 0 Å². The third kappa shape index (κ3) is 10.0. The summed E-state index contributed by atoms with van der Waals surface area (Å²) in [5.41, 5.74) is 5.92. The molecule has 1 atom stereocenters. The van der Waals surface area contributed by atoms with Crippen LogP contribution in [0.4, 0.5) is 0 Å². The fourth-order valence-corrected chi connectivity index (χ4v) is 1.53. The average Bonchev–Trinajstić information content (AvgIpc) is 2.18. The molecule has 0 aromatic heterocycles. The van der Waals surface area contributed by atoms with Gasteiger partial charge in [0.15, 0.2) is 0 Å². The minimum absolute atomic E-state index is 0.225. The molecular formula is C12H28N2. The maximum atomic E-state index is 5.92. The highest BCUT2D eigenvalue weighted by molar-refractivity contribution is 4.58. The molecule has 0 saturated carbocycles. The Morgan fingerprint density at radius 2 is 1.57 bits per heavy atom. The Hall–Kier alpha value is -0.0800. The van der Waals surface area contributed by atoms with E-state index < -0.39 is 0 Å². The third-order valence-electron chi connectivity index (χ3n) is 2.56. The summed E-state index contributed by atoms with van der Waals surface area (Å²) in [4.78, 5) is 0. The molecule has 0 aliphatic carbocycles. The highest BCUT2D eigenvalue weighted by atomic mass is 15.0. The zero-order chi connectivity index (χ0) is 10.6. The minimum atomic E-state index is 0.225. The Bertz CT molecular complexity index is 104. The fourth-order valence-electron chi connectivity index (χ4n) is 1.53. The molecule has 0 aliphatic rings. The molecule has 0 heterocycles. The zero-order valence-electron chi connectivity index (χ0n) is 10.0. The first-order chi connectivity index (χ1) is 6.81. The summed E-state index contributed by atoms with van der Waals surface area (Å²) in [7, 11) is 0. The standard InChI is InChI=1S/C12H28N2/c1-3-5-7-8-9-10-12(13)14-11-6-4-2/h12,14H,3-11,13H2,1-2H3. The van der Waals surface area contributed by atoms with Crippen molar-refractivity contribution in [2.24, 2.45) is 5.73 Å². The molecule has 0 aliphatic heterocycles. The van der Waals surface area contributed by atoms with Crippen molar-refractivity contribution >= 4 is 0 Å². The fraction of sp³-hybridized carbons (Fsp3) is 1.00. The lowest BCUT2D eigenvalue weighted by atomic mass is 10.1. The normalized spacial score (nSPS) is 13.1. The second-order valence-electron chi connectivity index (χ2n) is 4.12. The van der Waals surface area contributed by atoms with E-state index in [1.54, 1.807) is 0 Å². The molecule has 86 valence electrons. The lowest BCUT2D eigenvalue weighted by Crippen LogP contribution is -2.37. The smallest absolute Gasteiger partial charge is 0.0546 e. The van der Waals surface area contributed by atoms with E-state index in [0.717, 1.165) is 13.0 Å². The second-order valence-corrected chi connectivity index (χ2v) is 4.12. The first-order valence-corrected chi connectivity index (χ1v) is 6.30. The van der Waals surface area contributed by atoms with Crippen LogP contribution < -0.4 is 11.1 Å². The van der Waals surface area contributed by atoms with Crippen LogP contribution in [-0.4, -0.2) is 12.7 Å². The number of hydrogen-bond donors (Lipinski definition) is 2. The van der Waals surface area contributed by atoms with Gasteiger partial charge in [-0.2, -0.15) is 0 Å². The van der Waals surface area contributed by atoms with E-state index in [-0.39, 0.29) is 6.17 Å². The van der Waals surface area contributed by atoms with Crippen molar-refractivity contribution in [3.63, 3.8) is 0 Å². The van der Waals surface area contributed by atoms with Crippen LogP contribution in [0, 0.1) is 0 Å². The number of rotatable bonds is 10. The van der Waals surface area contributed by atoms with Crippen LogP contribution in [0.15, 0.2) is 0 Å². The van der Waals surface area contributed by atoms with Crippen LogP contribution in [0.25, 0.3) is 0 Å². The average molecular weight is 200 g/mol. The third-order valence-corrected chi connectivity index (χ3v) is 2.56. The molecule has 0 rings (SSSR count). The van der Waals surface area contributed by atoms with Gasteiger partial charge in [0, 0.05) is 0 Å². The largest absolute Gasteiger partial charge is 0.316 e. The zero-order valence-corrected chi connectivity index (χ0v) is 10.0. The van der Waals surface area contributed by atoms with E-state index in [1.165, 1.54) is 44.9 Å². The molecule has 0 fully saturated rings. The van der Waals surface area contributed by atoms with E-state index in [2.05, 4.69) is 19.2 Å². The van der Waals surface area contributed by atoms with E-state index >= 15 is 0 Å². The lowest BCUT2D eigenvalue weighted by Gasteiger charge is -2.12. The quantitative estimate of drug-likeness (QED) is 0.420. The van der Waals surface area contributed by atoms with Gasteiger partial charge in [0.05, 0.1) is 6.17 Å². The van der Waals surface area contributed by atoms with Crippen LogP contribution in [0.3, 0.4) is 0 Å². The van der Waals surface area contributed by atoms with Gasteiger partial charge in [0.25, 0.3) is 0 Å². The predicted octanol–water partition coefficient (Wildman–Crippen LogP) is 3.02. The maximum Gasteiger partial charge on any atom is 0.0546 e. The SMILES string of the molecule is CCCCCCCC(N)NCCCC. The van der Waals surface area contributed by atoms with Gasteiger partial charge in [-0.25, -0.2) is 0 Å². The van der Waals surface area contributed by atoms with Crippen LogP contribution in [0.1, 0.15) is 65.2 Å². The molecule has 0 aromatic carbocycles. The van der Waals surface area contributed by atoms with Crippen molar-refractivity contribution in [1.82, 2.24) is 5.32 Å². The molecule has 14 heavy (non-hydrogen) atoms. The van der Waals surface area contributed by atoms with Gasteiger partial charge in [0.2, 0.25) is 0 Å². The predicted molar refractivity (Wildman–Crippen MR) is 64.3 cm³/mol. The van der Waals surface area contributed by atoms with Gasteiger partial charge in [-0.3, -0.25) is 0 Å². The summed E-state index contributed by atoms with van der Waals surface area (Å²) in [6, 6.07) is 0. The summed E-state index contributed by atoms with van der Waals surface area (Å²) < 4.78 is 0. The highest BCUT2D eigenvalue weighted by Gasteiger charge is 1.99. The van der Waals surface area contributed by atoms with Crippen LogP contribution in [0.5, 0.6) is 0 Å². The van der Waals surface area contributed by atoms with Gasteiger partial charge in [-0.15, -0.1) is 0 Å². The molecule has 0 radical (unpaired) electrons. The maximum absolute atomic E-state index is 5.92. The minimum Gasteiger partial charge on any atom is -0.316 e. The van der Waals surface area contributed by atoms with Gasteiger partial charge < -0.3 is 11.1 Å². The summed E-state index contributed by atoms with van der Waals surface area (Å²) in [5, 5.41) is 3.35. The number of nitrogens with one attached hydrogen (secondary N) is 1. The topological polar surface area (TPSA) is 38.0 Å². The number of hydrogen-bond acceptors (Lipinski definition) is 2.